The Kier molecular flexibility index (Phi) is 10.9. The SMILES string of the molecule is Cc1cc(C)c2c(c1)C=C(c1cc(N)ccn1)CC2.Cc1cc(C)c2c(c1)C=C(c1cc(N)ccn1)CC2.O=C(O)/C=C/C(=O)O. The highest BCUT2D eigenvalue weighted by Gasteiger charge is 2.16. The van der Waals surface area contributed by atoms with E-state index in [2.05, 4.69) is 74.1 Å². The zero-order valence-electron chi connectivity index (χ0n) is 26.7. The minimum atomic E-state index is -1.26. The molecule has 2 aliphatic carbocycles. The first-order valence-electron chi connectivity index (χ1n) is 15.1. The van der Waals surface area contributed by atoms with Crippen LogP contribution in [0.1, 0.15) is 68.7 Å². The van der Waals surface area contributed by atoms with Crippen molar-refractivity contribution < 1.29 is 19.8 Å². The summed E-state index contributed by atoms with van der Waals surface area (Å²) in [6.07, 6.45) is 13.4. The molecule has 0 atom stereocenters. The molecule has 0 spiro atoms. The minimum absolute atomic E-state index is 0.558. The van der Waals surface area contributed by atoms with E-state index in [9.17, 15) is 9.59 Å². The lowest BCUT2D eigenvalue weighted by atomic mass is 9.87. The summed E-state index contributed by atoms with van der Waals surface area (Å²) in [6, 6.07) is 16.6. The van der Waals surface area contributed by atoms with Gasteiger partial charge >= 0.3 is 11.9 Å². The molecule has 2 aromatic carbocycles. The fourth-order valence-corrected chi connectivity index (χ4v) is 5.83. The number of nitrogens with two attached hydrogens (primary N) is 2. The fraction of sp³-hybridized carbons (Fsp3) is 0.211. The van der Waals surface area contributed by atoms with Crippen molar-refractivity contribution in [3.05, 3.63) is 129 Å². The second kappa shape index (κ2) is 15.0. The first-order chi connectivity index (χ1) is 21.9. The monoisotopic (exact) mass is 616 g/mol. The van der Waals surface area contributed by atoms with Crippen LogP contribution in [0.3, 0.4) is 0 Å². The number of aryl methyl sites for hydroxylation is 4. The van der Waals surface area contributed by atoms with Crippen LogP contribution in [0.5, 0.6) is 0 Å². The van der Waals surface area contributed by atoms with E-state index in [1.54, 1.807) is 12.4 Å². The van der Waals surface area contributed by atoms with Crippen LogP contribution in [0, 0.1) is 27.7 Å². The lowest BCUT2D eigenvalue weighted by Crippen LogP contribution is -2.03. The van der Waals surface area contributed by atoms with Gasteiger partial charge < -0.3 is 21.7 Å². The Labute approximate surface area is 269 Å². The second-order valence-corrected chi connectivity index (χ2v) is 11.6. The normalized spacial score (nSPS) is 13.1. The maximum Gasteiger partial charge on any atom is 0.328 e. The summed E-state index contributed by atoms with van der Waals surface area (Å²) in [7, 11) is 0. The van der Waals surface area contributed by atoms with Crippen LogP contribution in [0.2, 0.25) is 0 Å². The smallest absolute Gasteiger partial charge is 0.328 e. The van der Waals surface area contributed by atoms with E-state index in [1.807, 2.05) is 24.3 Å². The molecule has 236 valence electrons. The molecule has 2 aromatic heterocycles. The van der Waals surface area contributed by atoms with Crippen LogP contribution in [0.15, 0.2) is 73.1 Å². The van der Waals surface area contributed by atoms with Crippen molar-refractivity contribution in [2.24, 2.45) is 0 Å². The van der Waals surface area contributed by atoms with Gasteiger partial charge in [-0.15, -0.1) is 0 Å². The van der Waals surface area contributed by atoms with Gasteiger partial charge in [-0.1, -0.05) is 35.4 Å². The number of rotatable bonds is 4. The van der Waals surface area contributed by atoms with Crippen LogP contribution in [0.4, 0.5) is 11.4 Å². The number of hydrogen-bond donors (Lipinski definition) is 4. The van der Waals surface area contributed by atoms with Gasteiger partial charge in [-0.05, 0) is 134 Å². The van der Waals surface area contributed by atoms with E-state index in [-0.39, 0.29) is 0 Å². The Morgan fingerprint density at radius 3 is 1.37 bits per heavy atom. The Hall–Kier alpha value is -5.50. The molecule has 6 N–H and O–H groups in total. The summed E-state index contributed by atoms with van der Waals surface area (Å²) >= 11 is 0. The molecule has 0 radical (unpaired) electrons. The quantitative estimate of drug-likeness (QED) is 0.175. The Bertz CT molecular complexity index is 1740. The number of allylic oxidation sites excluding steroid dienone is 2. The van der Waals surface area contributed by atoms with Crippen LogP contribution in [-0.4, -0.2) is 32.1 Å². The fourth-order valence-electron chi connectivity index (χ4n) is 5.83. The first kappa shape index (κ1) is 33.4. The average Bonchev–Trinajstić information content (AvgIpc) is 3.00. The van der Waals surface area contributed by atoms with Gasteiger partial charge in [0.25, 0.3) is 0 Å². The Morgan fingerprint density at radius 2 is 1.02 bits per heavy atom. The number of aromatic nitrogens is 2. The highest BCUT2D eigenvalue weighted by Crippen LogP contribution is 2.33. The molecule has 6 rings (SSSR count). The number of benzene rings is 2. The average molecular weight is 617 g/mol. The summed E-state index contributed by atoms with van der Waals surface area (Å²) < 4.78 is 0. The van der Waals surface area contributed by atoms with Gasteiger partial charge in [0.2, 0.25) is 0 Å². The lowest BCUT2D eigenvalue weighted by molar-refractivity contribution is -0.134. The number of nitrogen functional groups attached to an aromatic ring is 2. The maximum absolute atomic E-state index is 9.55. The van der Waals surface area contributed by atoms with Crippen molar-refractivity contribution in [2.45, 2.75) is 53.4 Å². The molecule has 8 heteroatoms. The van der Waals surface area contributed by atoms with E-state index in [4.69, 9.17) is 21.7 Å². The van der Waals surface area contributed by atoms with Gasteiger partial charge in [0.05, 0.1) is 11.4 Å². The summed E-state index contributed by atoms with van der Waals surface area (Å²) in [4.78, 5) is 28.0. The van der Waals surface area contributed by atoms with E-state index < -0.39 is 11.9 Å². The number of carbonyl (C=O) groups is 2. The molecule has 0 fully saturated rings. The largest absolute Gasteiger partial charge is 0.478 e. The molecule has 0 saturated carbocycles. The third-order valence-corrected chi connectivity index (χ3v) is 7.85. The van der Waals surface area contributed by atoms with Crippen LogP contribution >= 0.6 is 0 Å². The zero-order valence-corrected chi connectivity index (χ0v) is 26.7. The number of fused-ring (bicyclic) bond motifs is 2. The summed E-state index contributed by atoms with van der Waals surface area (Å²) in [6.45, 7) is 8.69. The van der Waals surface area contributed by atoms with E-state index >= 15 is 0 Å². The van der Waals surface area contributed by atoms with Crippen molar-refractivity contribution in [1.29, 1.82) is 0 Å². The van der Waals surface area contributed by atoms with Crippen molar-refractivity contribution >= 4 is 46.6 Å². The van der Waals surface area contributed by atoms with E-state index in [0.29, 0.717) is 12.2 Å². The number of carboxylic acids is 2. The third-order valence-electron chi connectivity index (χ3n) is 7.85. The van der Waals surface area contributed by atoms with Gasteiger partial charge in [0.15, 0.2) is 0 Å². The molecule has 0 bridgehead atoms. The van der Waals surface area contributed by atoms with Crippen LogP contribution < -0.4 is 11.5 Å². The summed E-state index contributed by atoms with van der Waals surface area (Å²) in [5, 5.41) is 15.6. The van der Waals surface area contributed by atoms with E-state index in [0.717, 1.165) is 48.4 Å². The predicted molar refractivity (Wildman–Crippen MR) is 186 cm³/mol. The Balaban J connectivity index is 0.000000170. The molecule has 8 nitrogen and oxygen atoms in total. The molecule has 0 saturated heterocycles. The molecule has 0 unspecified atom stereocenters. The number of aliphatic carboxylic acids is 2. The standard InChI is InChI=1S/2C17H18N2.C4H4O4/c2*1-11-7-12(2)16-4-3-13(9-14(16)8-11)17-10-15(18)5-6-19-17;5-3(6)1-2-4(7)8/h2*5-10H,3-4H2,1-2H3,(H2,18,19);1-2H,(H,5,6)(H,7,8)/b;;2-1+. The molecule has 4 aromatic rings. The van der Waals surface area contributed by atoms with Gasteiger partial charge in [0, 0.05) is 35.9 Å². The number of carboxylic acid groups (broad SMARTS) is 2. The van der Waals surface area contributed by atoms with Crippen molar-refractivity contribution in [3.8, 4) is 0 Å². The molecule has 2 heterocycles. The van der Waals surface area contributed by atoms with Crippen molar-refractivity contribution in [3.63, 3.8) is 0 Å². The maximum atomic E-state index is 9.55. The molecule has 2 aliphatic rings. The molecule has 46 heavy (non-hydrogen) atoms. The summed E-state index contributed by atoms with van der Waals surface area (Å²) in [5.74, 6) is -2.51. The van der Waals surface area contributed by atoms with Gasteiger partial charge in [-0.3, -0.25) is 9.97 Å². The van der Waals surface area contributed by atoms with Crippen molar-refractivity contribution in [2.75, 3.05) is 11.5 Å². The number of hydrogen-bond acceptors (Lipinski definition) is 6. The Morgan fingerprint density at radius 1 is 0.630 bits per heavy atom. The van der Waals surface area contributed by atoms with Crippen LogP contribution in [0.25, 0.3) is 23.3 Å². The number of nitrogens with zero attached hydrogens (tertiary/aromatic N) is 2. The third kappa shape index (κ3) is 9.01. The molecule has 0 aliphatic heterocycles. The van der Waals surface area contributed by atoms with Gasteiger partial charge in [-0.2, -0.15) is 0 Å². The number of anilines is 2. The highest BCUT2D eigenvalue weighted by atomic mass is 16.4. The highest BCUT2D eigenvalue weighted by molar-refractivity contribution is 5.89. The van der Waals surface area contributed by atoms with Crippen molar-refractivity contribution in [1.82, 2.24) is 9.97 Å². The molecule has 0 amide bonds. The first-order valence-corrected chi connectivity index (χ1v) is 15.1. The lowest BCUT2D eigenvalue weighted by Gasteiger charge is -2.19. The minimum Gasteiger partial charge on any atom is -0.478 e. The molecular weight excluding hydrogens is 576 g/mol. The number of pyridine rings is 2. The van der Waals surface area contributed by atoms with Gasteiger partial charge in [0.1, 0.15) is 0 Å². The topological polar surface area (TPSA) is 152 Å². The van der Waals surface area contributed by atoms with Crippen LogP contribution in [-0.2, 0) is 22.4 Å². The molecular formula is C38H40N4O4. The van der Waals surface area contributed by atoms with E-state index in [1.165, 1.54) is 55.7 Å². The van der Waals surface area contributed by atoms with Gasteiger partial charge in [-0.25, -0.2) is 9.59 Å². The second-order valence-electron chi connectivity index (χ2n) is 11.6. The predicted octanol–water partition coefficient (Wildman–Crippen LogP) is 7.25. The summed E-state index contributed by atoms with van der Waals surface area (Å²) in [5.41, 5.74) is 28.8. The zero-order chi connectivity index (χ0) is 33.4.